The molecule has 0 radical (unpaired) electrons. The van der Waals surface area contributed by atoms with E-state index in [-0.39, 0.29) is 17.7 Å². The minimum Gasteiger partial charge on any atom is -0.369 e. The molecule has 0 saturated heterocycles. The number of hydrogen-bond donors (Lipinski definition) is 1. The van der Waals surface area contributed by atoms with Crippen LogP contribution in [0.3, 0.4) is 0 Å². The molecule has 2 aromatic heterocycles. The molecule has 0 aromatic carbocycles. The molecular formula is C14H20N4OS2. The maximum Gasteiger partial charge on any atom is 0.227 e. The van der Waals surface area contributed by atoms with E-state index in [1.807, 2.05) is 0 Å². The summed E-state index contributed by atoms with van der Waals surface area (Å²) in [6.07, 6.45) is 2.22. The summed E-state index contributed by atoms with van der Waals surface area (Å²) >= 11 is 3.09. The molecule has 0 aliphatic heterocycles. The second-order valence-electron chi connectivity index (χ2n) is 5.08. The highest BCUT2D eigenvalue weighted by Crippen LogP contribution is 2.30. The minimum absolute atomic E-state index is 0.218. The molecule has 0 atom stereocenters. The van der Waals surface area contributed by atoms with E-state index in [2.05, 4.69) is 47.0 Å². The van der Waals surface area contributed by atoms with E-state index < -0.39 is 0 Å². The van der Waals surface area contributed by atoms with Gasteiger partial charge in [0.05, 0.1) is 5.75 Å². The average Bonchev–Trinajstić information content (AvgIpc) is 3.02. The van der Waals surface area contributed by atoms with Crippen molar-refractivity contribution < 1.29 is 4.79 Å². The van der Waals surface area contributed by atoms with Crippen molar-refractivity contribution >= 4 is 29.0 Å². The Labute approximate surface area is 132 Å². The van der Waals surface area contributed by atoms with Crippen molar-refractivity contribution in [2.75, 3.05) is 5.75 Å². The van der Waals surface area contributed by atoms with Crippen molar-refractivity contribution in [2.24, 2.45) is 5.73 Å². The number of carbonyl (C=O) groups is 1. The third kappa shape index (κ3) is 3.85. The Morgan fingerprint density at radius 2 is 2.24 bits per heavy atom. The van der Waals surface area contributed by atoms with Gasteiger partial charge in [0.2, 0.25) is 5.91 Å². The maximum atomic E-state index is 11.0. The summed E-state index contributed by atoms with van der Waals surface area (Å²) in [5.74, 6) is 0.728. The first-order valence-electron chi connectivity index (χ1n) is 6.96. The zero-order chi connectivity index (χ0) is 15.4. The molecule has 7 heteroatoms. The van der Waals surface area contributed by atoms with Crippen LogP contribution >= 0.6 is 23.1 Å². The first kappa shape index (κ1) is 16.0. The summed E-state index contributed by atoms with van der Waals surface area (Å²) in [5, 5.41) is 11.4. The Kier molecular flexibility index (Phi) is 5.41. The monoisotopic (exact) mass is 324 g/mol. The molecule has 2 N–H and O–H groups in total. The van der Waals surface area contributed by atoms with E-state index in [1.165, 1.54) is 16.6 Å². The highest BCUT2D eigenvalue weighted by molar-refractivity contribution is 7.99. The molecule has 2 aromatic rings. The number of aryl methyl sites for hydroxylation is 1. The van der Waals surface area contributed by atoms with Gasteiger partial charge in [0.25, 0.3) is 0 Å². The Morgan fingerprint density at radius 1 is 1.48 bits per heavy atom. The number of rotatable bonds is 7. The molecule has 2 rings (SSSR count). The van der Waals surface area contributed by atoms with Crippen molar-refractivity contribution in [3.8, 4) is 11.4 Å². The van der Waals surface area contributed by atoms with Gasteiger partial charge in [0.15, 0.2) is 11.0 Å². The third-order valence-corrected chi connectivity index (χ3v) is 4.89. The predicted octanol–water partition coefficient (Wildman–Crippen LogP) is 3.12. The van der Waals surface area contributed by atoms with Crippen molar-refractivity contribution in [1.29, 1.82) is 0 Å². The van der Waals surface area contributed by atoms with Crippen LogP contribution in [-0.2, 0) is 11.2 Å². The lowest BCUT2D eigenvalue weighted by Crippen LogP contribution is -2.14. The van der Waals surface area contributed by atoms with Gasteiger partial charge >= 0.3 is 0 Å². The lowest BCUT2D eigenvalue weighted by Gasteiger charge is -2.12. The Balaban J connectivity index is 2.31. The smallest absolute Gasteiger partial charge is 0.227 e. The first-order valence-corrected chi connectivity index (χ1v) is 8.83. The molecule has 0 spiro atoms. The summed E-state index contributed by atoms with van der Waals surface area (Å²) in [5.41, 5.74) is 6.30. The Hall–Kier alpha value is -1.34. The molecule has 0 aliphatic rings. The van der Waals surface area contributed by atoms with Gasteiger partial charge < -0.3 is 5.73 Å². The minimum atomic E-state index is -0.347. The van der Waals surface area contributed by atoms with E-state index >= 15 is 0 Å². The van der Waals surface area contributed by atoms with Crippen molar-refractivity contribution in [2.45, 2.75) is 44.8 Å². The fraction of sp³-hybridized carbons (Fsp3) is 0.500. The van der Waals surface area contributed by atoms with Gasteiger partial charge in [-0.05, 0) is 26.3 Å². The molecular weight excluding hydrogens is 304 g/mol. The van der Waals surface area contributed by atoms with Gasteiger partial charge in [-0.3, -0.25) is 9.36 Å². The van der Waals surface area contributed by atoms with E-state index in [1.54, 1.807) is 11.3 Å². The van der Waals surface area contributed by atoms with Gasteiger partial charge in [-0.1, -0.05) is 25.1 Å². The fourth-order valence-corrected chi connectivity index (χ4v) is 3.82. The number of nitrogens with zero attached hydrogens (tertiary/aromatic N) is 3. The summed E-state index contributed by atoms with van der Waals surface area (Å²) in [6.45, 7) is 6.34. The van der Waals surface area contributed by atoms with Crippen molar-refractivity contribution in [3.63, 3.8) is 0 Å². The van der Waals surface area contributed by atoms with Crippen molar-refractivity contribution in [3.05, 3.63) is 16.3 Å². The molecule has 0 saturated carbocycles. The van der Waals surface area contributed by atoms with E-state index in [9.17, 15) is 4.79 Å². The summed E-state index contributed by atoms with van der Waals surface area (Å²) in [4.78, 5) is 12.3. The second-order valence-corrected chi connectivity index (χ2v) is 7.01. The van der Waals surface area contributed by atoms with E-state index in [0.29, 0.717) is 0 Å². The topological polar surface area (TPSA) is 73.8 Å². The lowest BCUT2D eigenvalue weighted by atomic mass is 10.2. The summed E-state index contributed by atoms with van der Waals surface area (Å²) < 4.78 is 2.06. The highest BCUT2D eigenvalue weighted by Gasteiger charge is 2.18. The zero-order valence-corrected chi connectivity index (χ0v) is 14.1. The summed E-state index contributed by atoms with van der Waals surface area (Å²) in [7, 11) is 0. The highest BCUT2D eigenvalue weighted by atomic mass is 32.2. The molecule has 114 valence electrons. The Morgan fingerprint density at radius 3 is 2.86 bits per heavy atom. The van der Waals surface area contributed by atoms with Crippen LogP contribution in [-0.4, -0.2) is 26.4 Å². The number of primary amides is 1. The SMILES string of the molecule is CCCc1cc(-c2nnc(SCC(N)=O)n2C(C)C)cs1. The predicted molar refractivity (Wildman–Crippen MR) is 87.6 cm³/mol. The third-order valence-electron chi connectivity index (χ3n) is 2.93. The van der Waals surface area contributed by atoms with E-state index in [0.717, 1.165) is 29.4 Å². The number of nitrogens with two attached hydrogens (primary N) is 1. The number of thioether (sulfide) groups is 1. The number of hydrogen-bond acceptors (Lipinski definition) is 5. The van der Waals surface area contributed by atoms with Crippen LogP contribution in [0.2, 0.25) is 0 Å². The summed E-state index contributed by atoms with van der Waals surface area (Å²) in [6, 6.07) is 2.40. The van der Waals surface area contributed by atoms with Crippen LogP contribution in [0.5, 0.6) is 0 Å². The number of amides is 1. The van der Waals surface area contributed by atoms with Crippen LogP contribution in [0.1, 0.15) is 38.1 Å². The molecule has 0 aliphatic carbocycles. The fourth-order valence-electron chi connectivity index (χ4n) is 2.05. The van der Waals surface area contributed by atoms with E-state index in [4.69, 9.17) is 5.73 Å². The van der Waals surface area contributed by atoms with Crippen LogP contribution < -0.4 is 5.73 Å². The van der Waals surface area contributed by atoms with Gasteiger partial charge in [-0.2, -0.15) is 0 Å². The number of thiophene rings is 1. The van der Waals surface area contributed by atoms with Crippen LogP contribution in [0.4, 0.5) is 0 Å². The zero-order valence-electron chi connectivity index (χ0n) is 12.5. The average molecular weight is 324 g/mol. The van der Waals surface area contributed by atoms with Crippen LogP contribution in [0, 0.1) is 0 Å². The van der Waals surface area contributed by atoms with Gasteiger partial charge in [0.1, 0.15) is 0 Å². The number of carbonyl (C=O) groups excluding carboxylic acids is 1. The van der Waals surface area contributed by atoms with Gasteiger partial charge in [-0.25, -0.2) is 0 Å². The quantitative estimate of drug-likeness (QED) is 0.794. The molecule has 21 heavy (non-hydrogen) atoms. The molecule has 2 heterocycles. The molecule has 0 bridgehead atoms. The largest absolute Gasteiger partial charge is 0.369 e. The van der Waals surface area contributed by atoms with Crippen LogP contribution in [0.25, 0.3) is 11.4 Å². The molecule has 5 nitrogen and oxygen atoms in total. The molecule has 0 fully saturated rings. The standard InChI is InChI=1S/C14H20N4OS2/c1-4-5-11-6-10(7-20-11)13-16-17-14(18(13)9(2)3)21-8-12(15)19/h6-7,9H,4-5,8H2,1-3H3,(H2,15,19). The van der Waals surface area contributed by atoms with Gasteiger partial charge in [-0.15, -0.1) is 21.5 Å². The normalized spacial score (nSPS) is 11.2. The molecule has 0 unspecified atom stereocenters. The first-order chi connectivity index (χ1) is 10.0. The van der Waals surface area contributed by atoms with Crippen LogP contribution in [0.15, 0.2) is 16.6 Å². The second kappa shape index (κ2) is 7.09. The Bertz CT molecular complexity index is 618. The van der Waals surface area contributed by atoms with Gasteiger partial charge in [0, 0.05) is 21.9 Å². The number of aromatic nitrogens is 3. The lowest BCUT2D eigenvalue weighted by molar-refractivity contribution is -0.115. The van der Waals surface area contributed by atoms with Crippen molar-refractivity contribution in [1.82, 2.24) is 14.8 Å². The molecule has 1 amide bonds. The maximum absolute atomic E-state index is 11.0.